The summed E-state index contributed by atoms with van der Waals surface area (Å²) < 4.78 is 5.27. The molecule has 25 heavy (non-hydrogen) atoms. The van der Waals surface area contributed by atoms with E-state index in [1.54, 1.807) is 6.26 Å². The van der Waals surface area contributed by atoms with Gasteiger partial charge in [-0.05, 0) is 32.9 Å². The number of carbonyl (C=O) groups excluding carboxylic acids is 2. The molecule has 7 nitrogen and oxygen atoms in total. The minimum Gasteiger partial charge on any atom is -0.481 e. The second-order valence-electron chi connectivity index (χ2n) is 6.58. The van der Waals surface area contributed by atoms with E-state index < -0.39 is 12.0 Å². The van der Waals surface area contributed by atoms with E-state index in [4.69, 9.17) is 9.52 Å². The summed E-state index contributed by atoms with van der Waals surface area (Å²) in [5.74, 6) is -0.235. The molecule has 1 saturated heterocycles. The molecule has 1 unspecified atom stereocenters. The van der Waals surface area contributed by atoms with Crippen LogP contribution in [0.25, 0.3) is 0 Å². The number of carboxylic acids is 1. The molecule has 0 bridgehead atoms. The van der Waals surface area contributed by atoms with Gasteiger partial charge >= 0.3 is 5.97 Å². The second-order valence-corrected chi connectivity index (χ2v) is 6.58. The fraction of sp³-hybridized carbons (Fsp3) is 0.611. The van der Waals surface area contributed by atoms with Crippen molar-refractivity contribution in [2.24, 2.45) is 0 Å². The average Bonchev–Trinajstić information content (AvgIpc) is 3.07. The van der Waals surface area contributed by atoms with Crippen molar-refractivity contribution in [2.45, 2.75) is 58.0 Å². The molecule has 1 aliphatic rings. The van der Waals surface area contributed by atoms with Gasteiger partial charge in [0.1, 0.15) is 5.76 Å². The van der Waals surface area contributed by atoms with Crippen LogP contribution in [0.2, 0.25) is 0 Å². The number of nitrogens with zero attached hydrogens (tertiary/aromatic N) is 2. The van der Waals surface area contributed by atoms with Gasteiger partial charge in [-0.2, -0.15) is 0 Å². The van der Waals surface area contributed by atoms with Crippen molar-refractivity contribution in [1.82, 2.24) is 9.80 Å². The van der Waals surface area contributed by atoms with Crippen LogP contribution in [0.15, 0.2) is 16.7 Å². The third kappa shape index (κ3) is 5.16. The zero-order chi connectivity index (χ0) is 18.4. The molecule has 0 saturated carbocycles. The maximum Gasteiger partial charge on any atom is 0.303 e. The monoisotopic (exact) mass is 350 g/mol. The largest absolute Gasteiger partial charge is 0.481 e. The van der Waals surface area contributed by atoms with E-state index in [-0.39, 0.29) is 24.7 Å². The van der Waals surface area contributed by atoms with Crippen molar-refractivity contribution >= 4 is 17.8 Å². The van der Waals surface area contributed by atoms with E-state index >= 15 is 0 Å². The first-order valence-corrected chi connectivity index (χ1v) is 8.69. The lowest BCUT2D eigenvalue weighted by molar-refractivity contribution is -0.140. The summed E-state index contributed by atoms with van der Waals surface area (Å²) in [7, 11) is 1.84. The summed E-state index contributed by atoms with van der Waals surface area (Å²) in [5, 5.41) is 8.59. The second kappa shape index (κ2) is 8.80. The molecule has 0 spiro atoms. The Balaban J connectivity index is 1.78. The highest BCUT2D eigenvalue weighted by Gasteiger charge is 2.40. The minimum atomic E-state index is -0.788. The predicted octanol–water partition coefficient (Wildman–Crippen LogP) is 2.18. The van der Waals surface area contributed by atoms with Crippen LogP contribution < -0.4 is 0 Å². The van der Waals surface area contributed by atoms with Crippen LogP contribution in [0.5, 0.6) is 0 Å². The number of likely N-dealkylation sites (N-methyl/N-ethyl adjacent to an activating group) is 1. The first-order chi connectivity index (χ1) is 11.9. The molecule has 1 aromatic rings. The van der Waals surface area contributed by atoms with Gasteiger partial charge in [-0.3, -0.25) is 24.2 Å². The first kappa shape index (κ1) is 19.2. The third-order valence-electron chi connectivity index (χ3n) is 4.66. The Morgan fingerprint density at radius 1 is 1.32 bits per heavy atom. The van der Waals surface area contributed by atoms with Crippen LogP contribution in [0, 0.1) is 6.92 Å². The summed E-state index contributed by atoms with van der Waals surface area (Å²) in [6, 6.07) is 1.45. The highest BCUT2D eigenvalue weighted by molar-refractivity contribution is 6.05. The third-order valence-corrected chi connectivity index (χ3v) is 4.66. The smallest absolute Gasteiger partial charge is 0.303 e. The Morgan fingerprint density at radius 2 is 2.04 bits per heavy atom. The maximum atomic E-state index is 12.5. The Labute approximate surface area is 147 Å². The number of unbranched alkanes of at least 4 members (excludes halogenated alkanes) is 3. The van der Waals surface area contributed by atoms with Crippen LogP contribution in [-0.2, 0) is 20.9 Å². The Hall–Kier alpha value is -2.15. The topological polar surface area (TPSA) is 91.1 Å². The van der Waals surface area contributed by atoms with Gasteiger partial charge in [0.05, 0.1) is 18.7 Å². The van der Waals surface area contributed by atoms with Gasteiger partial charge in [0, 0.05) is 25.1 Å². The molecule has 7 heteroatoms. The number of hydrogen-bond acceptors (Lipinski definition) is 5. The predicted molar refractivity (Wildman–Crippen MR) is 90.8 cm³/mol. The number of imide groups is 1. The number of aryl methyl sites for hydroxylation is 1. The van der Waals surface area contributed by atoms with E-state index in [0.717, 1.165) is 24.2 Å². The molecule has 2 heterocycles. The molecule has 138 valence electrons. The lowest BCUT2D eigenvalue weighted by atomic mass is 10.1. The standard InChI is InChI=1S/C18H26N2O5/c1-13-14(8-10-25-13)12-19(2)15-11-16(21)20(18(15)24)9-6-4-3-5-7-17(22)23/h8,10,15H,3-7,9,11-12H2,1-2H3,(H,22,23). The van der Waals surface area contributed by atoms with Crippen LogP contribution >= 0.6 is 0 Å². The molecule has 0 radical (unpaired) electrons. The molecule has 2 amide bonds. The van der Waals surface area contributed by atoms with E-state index in [1.807, 2.05) is 24.9 Å². The summed E-state index contributed by atoms with van der Waals surface area (Å²) in [6.45, 7) is 2.86. The van der Waals surface area contributed by atoms with Crippen molar-refractivity contribution in [3.8, 4) is 0 Å². The Morgan fingerprint density at radius 3 is 2.68 bits per heavy atom. The lowest BCUT2D eigenvalue weighted by Gasteiger charge is -2.22. The van der Waals surface area contributed by atoms with Crippen molar-refractivity contribution in [2.75, 3.05) is 13.6 Å². The number of carboxylic acid groups (broad SMARTS) is 1. The van der Waals surface area contributed by atoms with Gasteiger partial charge in [0.15, 0.2) is 0 Å². The van der Waals surface area contributed by atoms with E-state index in [9.17, 15) is 14.4 Å². The van der Waals surface area contributed by atoms with Crippen molar-refractivity contribution in [1.29, 1.82) is 0 Å². The molecule has 0 aromatic carbocycles. The van der Waals surface area contributed by atoms with E-state index in [1.165, 1.54) is 4.90 Å². The van der Waals surface area contributed by atoms with Crippen LogP contribution in [0.1, 0.15) is 49.8 Å². The van der Waals surface area contributed by atoms with Crippen molar-refractivity contribution in [3.05, 3.63) is 23.7 Å². The normalized spacial score (nSPS) is 17.7. The van der Waals surface area contributed by atoms with Gasteiger partial charge in [-0.1, -0.05) is 12.8 Å². The fourth-order valence-corrected chi connectivity index (χ4v) is 3.10. The molecule has 2 rings (SSSR count). The van der Waals surface area contributed by atoms with Gasteiger partial charge < -0.3 is 9.52 Å². The van der Waals surface area contributed by atoms with E-state index in [0.29, 0.717) is 25.9 Å². The molecule has 1 N–H and O–H groups in total. The number of rotatable bonds is 10. The number of aliphatic carboxylic acids is 1. The van der Waals surface area contributed by atoms with Crippen LogP contribution in [0.3, 0.4) is 0 Å². The first-order valence-electron chi connectivity index (χ1n) is 8.69. The quantitative estimate of drug-likeness (QED) is 0.514. The van der Waals surface area contributed by atoms with Gasteiger partial charge in [-0.15, -0.1) is 0 Å². The molecule has 1 aliphatic heterocycles. The summed E-state index contributed by atoms with van der Waals surface area (Å²) in [5.41, 5.74) is 1.01. The molecular weight excluding hydrogens is 324 g/mol. The van der Waals surface area contributed by atoms with Crippen LogP contribution in [-0.4, -0.2) is 52.3 Å². The fourth-order valence-electron chi connectivity index (χ4n) is 3.10. The molecule has 1 aromatic heterocycles. The summed E-state index contributed by atoms with van der Waals surface area (Å²) in [6.07, 6.45) is 4.97. The molecular formula is C18H26N2O5. The summed E-state index contributed by atoms with van der Waals surface area (Å²) >= 11 is 0. The maximum absolute atomic E-state index is 12.5. The number of furan rings is 1. The molecule has 0 aliphatic carbocycles. The number of carbonyl (C=O) groups is 3. The Kier molecular flexibility index (Phi) is 6.75. The van der Waals surface area contributed by atoms with Gasteiger partial charge in [-0.25, -0.2) is 0 Å². The lowest BCUT2D eigenvalue weighted by Crippen LogP contribution is -2.40. The van der Waals surface area contributed by atoms with E-state index in [2.05, 4.69) is 0 Å². The zero-order valence-corrected chi connectivity index (χ0v) is 14.9. The number of amides is 2. The molecule has 1 fully saturated rings. The van der Waals surface area contributed by atoms with Crippen molar-refractivity contribution < 1.29 is 23.9 Å². The highest BCUT2D eigenvalue weighted by Crippen LogP contribution is 2.21. The number of likely N-dealkylation sites (tertiary alicyclic amines) is 1. The summed E-state index contributed by atoms with van der Waals surface area (Å²) in [4.78, 5) is 38.4. The van der Waals surface area contributed by atoms with Crippen LogP contribution in [0.4, 0.5) is 0 Å². The Bertz CT molecular complexity index is 625. The SMILES string of the molecule is Cc1occc1CN(C)C1CC(=O)N(CCCCCCC(=O)O)C1=O. The average molecular weight is 350 g/mol. The minimum absolute atomic E-state index is 0.128. The number of hydrogen-bond donors (Lipinski definition) is 1. The highest BCUT2D eigenvalue weighted by atomic mass is 16.4. The molecule has 1 atom stereocenters. The van der Waals surface area contributed by atoms with Crippen molar-refractivity contribution in [3.63, 3.8) is 0 Å². The van der Waals surface area contributed by atoms with Gasteiger partial charge in [0.25, 0.3) is 0 Å². The zero-order valence-electron chi connectivity index (χ0n) is 14.9. The van der Waals surface area contributed by atoms with Gasteiger partial charge in [0.2, 0.25) is 11.8 Å².